The molecule has 0 bridgehead atoms. The first-order chi connectivity index (χ1) is 6.24. The number of hydrogen-bond acceptors (Lipinski definition) is 2. The van der Waals surface area contributed by atoms with Gasteiger partial charge in [-0.1, -0.05) is 32.0 Å². The summed E-state index contributed by atoms with van der Waals surface area (Å²) >= 11 is 0. The van der Waals surface area contributed by atoms with Crippen molar-refractivity contribution >= 4 is 5.69 Å². The van der Waals surface area contributed by atoms with E-state index in [0.29, 0.717) is 5.92 Å². The van der Waals surface area contributed by atoms with Gasteiger partial charge in [-0.05, 0) is 18.1 Å². The van der Waals surface area contributed by atoms with Crippen molar-refractivity contribution in [3.8, 4) is 0 Å². The predicted octanol–water partition coefficient (Wildman–Crippen LogP) is 2.12. The van der Waals surface area contributed by atoms with Crippen molar-refractivity contribution in [1.29, 1.82) is 0 Å². The van der Waals surface area contributed by atoms with Crippen LogP contribution in [0.5, 0.6) is 0 Å². The first-order valence-electron chi connectivity index (χ1n) is 4.66. The van der Waals surface area contributed by atoms with Gasteiger partial charge in [0.15, 0.2) is 0 Å². The second-order valence-electron chi connectivity index (χ2n) is 3.54. The van der Waals surface area contributed by atoms with Gasteiger partial charge in [0, 0.05) is 5.69 Å². The van der Waals surface area contributed by atoms with E-state index in [1.54, 1.807) is 0 Å². The first-order valence-corrected chi connectivity index (χ1v) is 4.66. The number of nitrogens with one attached hydrogen (secondary N) is 1. The zero-order valence-corrected chi connectivity index (χ0v) is 8.20. The SMILES string of the molecule is CC(C)C(CO)Nc1ccccc1. The van der Waals surface area contributed by atoms with Gasteiger partial charge in [0.2, 0.25) is 0 Å². The minimum absolute atomic E-state index is 0.141. The molecule has 1 atom stereocenters. The Morgan fingerprint density at radius 2 is 1.85 bits per heavy atom. The molecule has 0 fully saturated rings. The van der Waals surface area contributed by atoms with E-state index in [1.165, 1.54) is 0 Å². The molecular weight excluding hydrogens is 162 g/mol. The van der Waals surface area contributed by atoms with Gasteiger partial charge in [-0.2, -0.15) is 0 Å². The Kier molecular flexibility index (Phi) is 3.77. The van der Waals surface area contributed by atoms with E-state index < -0.39 is 0 Å². The summed E-state index contributed by atoms with van der Waals surface area (Å²) in [5, 5.41) is 12.4. The van der Waals surface area contributed by atoms with Crippen LogP contribution in [0.3, 0.4) is 0 Å². The van der Waals surface area contributed by atoms with Gasteiger partial charge < -0.3 is 10.4 Å². The summed E-state index contributed by atoms with van der Waals surface area (Å²) in [5.74, 6) is 0.435. The van der Waals surface area contributed by atoms with Crippen LogP contribution < -0.4 is 5.32 Å². The maximum absolute atomic E-state index is 9.10. The van der Waals surface area contributed by atoms with Gasteiger partial charge in [0.05, 0.1) is 12.6 Å². The van der Waals surface area contributed by atoms with Crippen molar-refractivity contribution < 1.29 is 5.11 Å². The maximum atomic E-state index is 9.10. The fourth-order valence-electron chi connectivity index (χ4n) is 1.17. The number of para-hydroxylation sites is 1. The van der Waals surface area contributed by atoms with Crippen LogP contribution in [0.2, 0.25) is 0 Å². The van der Waals surface area contributed by atoms with E-state index in [-0.39, 0.29) is 12.6 Å². The Morgan fingerprint density at radius 3 is 2.31 bits per heavy atom. The zero-order chi connectivity index (χ0) is 9.68. The van der Waals surface area contributed by atoms with Gasteiger partial charge in [-0.15, -0.1) is 0 Å². The van der Waals surface area contributed by atoms with Crippen LogP contribution >= 0.6 is 0 Å². The Bertz CT molecular complexity index is 233. The van der Waals surface area contributed by atoms with Crippen molar-refractivity contribution in [2.75, 3.05) is 11.9 Å². The van der Waals surface area contributed by atoms with E-state index in [0.717, 1.165) is 5.69 Å². The van der Waals surface area contributed by atoms with Crippen LogP contribution in [0, 0.1) is 5.92 Å². The summed E-state index contributed by atoms with van der Waals surface area (Å²) in [7, 11) is 0. The quantitative estimate of drug-likeness (QED) is 0.742. The molecule has 0 saturated heterocycles. The van der Waals surface area contributed by atoms with Crippen molar-refractivity contribution in [2.45, 2.75) is 19.9 Å². The molecule has 0 heterocycles. The van der Waals surface area contributed by atoms with Gasteiger partial charge in [-0.3, -0.25) is 0 Å². The Hall–Kier alpha value is -1.02. The predicted molar refractivity (Wildman–Crippen MR) is 55.8 cm³/mol. The Morgan fingerprint density at radius 1 is 1.23 bits per heavy atom. The molecule has 72 valence electrons. The first kappa shape index (κ1) is 10.1. The third kappa shape index (κ3) is 3.07. The fourth-order valence-corrected chi connectivity index (χ4v) is 1.17. The summed E-state index contributed by atoms with van der Waals surface area (Å²) in [6.07, 6.45) is 0. The molecule has 1 aromatic carbocycles. The van der Waals surface area contributed by atoms with Crippen LogP contribution in [0.1, 0.15) is 13.8 Å². The molecule has 0 spiro atoms. The van der Waals surface area contributed by atoms with Gasteiger partial charge in [0.25, 0.3) is 0 Å². The Labute approximate surface area is 79.6 Å². The molecule has 2 N–H and O–H groups in total. The normalized spacial score (nSPS) is 12.9. The molecule has 0 amide bonds. The molecule has 1 aromatic rings. The number of anilines is 1. The lowest BCUT2D eigenvalue weighted by Gasteiger charge is -2.20. The van der Waals surface area contributed by atoms with E-state index >= 15 is 0 Å². The van der Waals surface area contributed by atoms with E-state index in [4.69, 9.17) is 5.11 Å². The average Bonchev–Trinajstić information content (AvgIpc) is 2.15. The molecule has 0 aliphatic carbocycles. The highest BCUT2D eigenvalue weighted by Crippen LogP contribution is 2.11. The van der Waals surface area contributed by atoms with E-state index in [9.17, 15) is 0 Å². The number of hydrogen-bond donors (Lipinski definition) is 2. The van der Waals surface area contributed by atoms with E-state index in [1.807, 2.05) is 30.3 Å². The van der Waals surface area contributed by atoms with Crippen LogP contribution in [0.4, 0.5) is 5.69 Å². The second kappa shape index (κ2) is 4.87. The molecule has 1 unspecified atom stereocenters. The summed E-state index contributed by atoms with van der Waals surface area (Å²) in [6.45, 7) is 4.36. The highest BCUT2D eigenvalue weighted by molar-refractivity contribution is 5.43. The van der Waals surface area contributed by atoms with E-state index in [2.05, 4.69) is 19.2 Å². The summed E-state index contributed by atoms with van der Waals surface area (Å²) in [4.78, 5) is 0. The smallest absolute Gasteiger partial charge is 0.0635 e. The molecule has 2 nitrogen and oxygen atoms in total. The minimum Gasteiger partial charge on any atom is -0.394 e. The van der Waals surface area contributed by atoms with Crippen molar-refractivity contribution in [2.24, 2.45) is 5.92 Å². The van der Waals surface area contributed by atoms with Crippen molar-refractivity contribution in [3.05, 3.63) is 30.3 Å². The molecule has 0 saturated carbocycles. The molecule has 0 radical (unpaired) electrons. The van der Waals surface area contributed by atoms with Crippen LogP contribution in [-0.2, 0) is 0 Å². The molecule has 0 aromatic heterocycles. The van der Waals surface area contributed by atoms with Crippen LogP contribution in [-0.4, -0.2) is 17.8 Å². The minimum atomic E-state index is 0.141. The molecule has 2 heteroatoms. The average molecular weight is 179 g/mol. The standard InChI is InChI=1S/C11H17NO/c1-9(2)11(8-13)12-10-6-4-3-5-7-10/h3-7,9,11-13H,8H2,1-2H3. The lowest BCUT2D eigenvalue weighted by Crippen LogP contribution is -2.29. The third-order valence-electron chi connectivity index (χ3n) is 2.13. The third-order valence-corrected chi connectivity index (χ3v) is 2.13. The zero-order valence-electron chi connectivity index (χ0n) is 8.20. The van der Waals surface area contributed by atoms with Crippen LogP contribution in [0.15, 0.2) is 30.3 Å². The van der Waals surface area contributed by atoms with Crippen molar-refractivity contribution in [1.82, 2.24) is 0 Å². The molecule has 13 heavy (non-hydrogen) atoms. The number of rotatable bonds is 4. The lowest BCUT2D eigenvalue weighted by molar-refractivity contribution is 0.249. The molecule has 0 aliphatic rings. The summed E-state index contributed by atoms with van der Waals surface area (Å²) in [5.41, 5.74) is 1.07. The number of aliphatic hydroxyl groups excluding tert-OH is 1. The molecule has 0 aliphatic heterocycles. The maximum Gasteiger partial charge on any atom is 0.0635 e. The second-order valence-corrected chi connectivity index (χ2v) is 3.54. The lowest BCUT2D eigenvalue weighted by atomic mass is 10.1. The highest BCUT2D eigenvalue weighted by Gasteiger charge is 2.10. The van der Waals surface area contributed by atoms with Gasteiger partial charge >= 0.3 is 0 Å². The fraction of sp³-hybridized carbons (Fsp3) is 0.455. The topological polar surface area (TPSA) is 32.3 Å². The summed E-state index contributed by atoms with van der Waals surface area (Å²) < 4.78 is 0. The van der Waals surface area contributed by atoms with Gasteiger partial charge in [-0.25, -0.2) is 0 Å². The molecular formula is C11H17NO. The Balaban J connectivity index is 2.57. The monoisotopic (exact) mass is 179 g/mol. The van der Waals surface area contributed by atoms with Crippen molar-refractivity contribution in [3.63, 3.8) is 0 Å². The largest absolute Gasteiger partial charge is 0.394 e. The molecule has 1 rings (SSSR count). The van der Waals surface area contributed by atoms with Crippen LogP contribution in [0.25, 0.3) is 0 Å². The number of benzene rings is 1. The summed E-state index contributed by atoms with van der Waals surface area (Å²) in [6, 6.07) is 10.1. The van der Waals surface area contributed by atoms with Gasteiger partial charge in [0.1, 0.15) is 0 Å². The highest BCUT2D eigenvalue weighted by atomic mass is 16.3. The number of aliphatic hydroxyl groups is 1.